The van der Waals surface area contributed by atoms with E-state index in [1.165, 1.54) is 49.7 Å². The maximum Gasteiger partial charge on any atom is -0.0134 e. The van der Waals surface area contributed by atoms with Gasteiger partial charge in [0.15, 0.2) is 0 Å². The van der Waals surface area contributed by atoms with Crippen LogP contribution in [0.4, 0.5) is 0 Å². The van der Waals surface area contributed by atoms with E-state index in [1.807, 2.05) is 0 Å². The van der Waals surface area contributed by atoms with E-state index < -0.39 is 0 Å². The van der Waals surface area contributed by atoms with Gasteiger partial charge in [-0.05, 0) is 36.7 Å². The van der Waals surface area contributed by atoms with Gasteiger partial charge in [-0.1, -0.05) is 38.0 Å². The average Bonchev–Trinajstić information content (AvgIpc) is 2.30. The van der Waals surface area contributed by atoms with Crippen molar-refractivity contribution in [1.82, 2.24) is 0 Å². The molecule has 0 N–H and O–H groups in total. The van der Waals surface area contributed by atoms with Gasteiger partial charge in [0.25, 0.3) is 0 Å². The van der Waals surface area contributed by atoms with E-state index in [4.69, 9.17) is 0 Å². The molecule has 0 aromatic carbocycles. The number of fused-ring (bicyclic) bond motifs is 1. The lowest BCUT2D eigenvalue weighted by Gasteiger charge is -2.15. The van der Waals surface area contributed by atoms with Gasteiger partial charge < -0.3 is 0 Å². The Morgan fingerprint density at radius 3 is 2.58 bits per heavy atom. The molecule has 66 valence electrons. The van der Waals surface area contributed by atoms with Crippen molar-refractivity contribution in [1.29, 1.82) is 0 Å². The Labute approximate surface area is 75.4 Å². The highest BCUT2D eigenvalue weighted by Gasteiger charge is 2.32. The van der Waals surface area contributed by atoms with Crippen LogP contribution in [0, 0.1) is 11.8 Å². The summed E-state index contributed by atoms with van der Waals surface area (Å²) in [5.41, 5.74) is 2.72. The molecule has 0 amide bonds. The molecule has 0 unspecified atom stereocenters. The molecule has 2 atom stereocenters. The van der Waals surface area contributed by atoms with Crippen LogP contribution >= 0.6 is 0 Å². The highest BCUT2D eigenvalue weighted by Crippen LogP contribution is 2.45. The molecule has 0 saturated heterocycles. The topological polar surface area (TPSA) is 0 Å². The summed E-state index contributed by atoms with van der Waals surface area (Å²) in [6.45, 7) is 8.25. The summed E-state index contributed by atoms with van der Waals surface area (Å²) in [5, 5.41) is 0. The third-order valence-electron chi connectivity index (χ3n) is 3.57. The van der Waals surface area contributed by atoms with Crippen LogP contribution in [0.1, 0.15) is 38.5 Å². The summed E-state index contributed by atoms with van der Waals surface area (Å²) in [4.78, 5) is 0. The number of hydrogen-bond donors (Lipinski definition) is 0. The molecule has 0 aromatic heterocycles. The largest absolute Gasteiger partial charge is 0.0956 e. The highest BCUT2D eigenvalue weighted by molar-refractivity contribution is 5.34. The number of hydrogen-bond acceptors (Lipinski definition) is 0. The van der Waals surface area contributed by atoms with Crippen LogP contribution in [0.5, 0.6) is 0 Å². The van der Waals surface area contributed by atoms with Crippen molar-refractivity contribution in [3.8, 4) is 0 Å². The molecule has 2 rings (SSSR count). The lowest BCUT2D eigenvalue weighted by atomic mass is 9.90. The van der Waals surface area contributed by atoms with Crippen molar-refractivity contribution in [2.75, 3.05) is 0 Å². The molecule has 2 aliphatic carbocycles. The quantitative estimate of drug-likeness (QED) is 0.509. The molecule has 0 aliphatic heterocycles. The van der Waals surface area contributed by atoms with Crippen LogP contribution in [0.3, 0.4) is 0 Å². The Morgan fingerprint density at radius 2 is 1.75 bits per heavy atom. The van der Waals surface area contributed by atoms with Crippen LogP contribution in [0.2, 0.25) is 0 Å². The zero-order valence-electron chi connectivity index (χ0n) is 7.81. The van der Waals surface area contributed by atoms with Crippen molar-refractivity contribution in [3.05, 3.63) is 24.3 Å². The molecule has 12 heavy (non-hydrogen) atoms. The Balaban J connectivity index is 2.15. The standard InChI is InChI=1S/C12H18/c1-9-8-11-6-4-3-5-7-12(11)10(9)2/h11-12H,1-8H2/t11-,12+/m0/s1. The smallest absolute Gasteiger partial charge is 0.0134 e. The van der Waals surface area contributed by atoms with E-state index in [-0.39, 0.29) is 0 Å². The first-order valence-electron chi connectivity index (χ1n) is 5.16. The van der Waals surface area contributed by atoms with Gasteiger partial charge in [0.1, 0.15) is 0 Å². The number of allylic oxidation sites excluding steroid dienone is 2. The molecule has 0 nitrogen and oxygen atoms in total. The fourth-order valence-electron chi connectivity index (χ4n) is 2.80. The first-order valence-corrected chi connectivity index (χ1v) is 5.16. The molecule has 0 bridgehead atoms. The minimum Gasteiger partial charge on any atom is -0.0956 e. The summed E-state index contributed by atoms with van der Waals surface area (Å²) in [7, 11) is 0. The van der Waals surface area contributed by atoms with Gasteiger partial charge in [0, 0.05) is 0 Å². The van der Waals surface area contributed by atoms with Crippen molar-refractivity contribution in [2.45, 2.75) is 38.5 Å². The van der Waals surface area contributed by atoms with Gasteiger partial charge in [-0.25, -0.2) is 0 Å². The fourth-order valence-corrected chi connectivity index (χ4v) is 2.80. The van der Waals surface area contributed by atoms with Gasteiger partial charge in [0.05, 0.1) is 0 Å². The molecule has 2 saturated carbocycles. The van der Waals surface area contributed by atoms with Gasteiger partial charge in [0.2, 0.25) is 0 Å². The Bertz CT molecular complexity index is 212. The van der Waals surface area contributed by atoms with Crippen molar-refractivity contribution < 1.29 is 0 Å². The van der Waals surface area contributed by atoms with Gasteiger partial charge in [-0.2, -0.15) is 0 Å². The summed E-state index contributed by atoms with van der Waals surface area (Å²) in [6.07, 6.45) is 8.32. The molecule has 0 heterocycles. The van der Waals surface area contributed by atoms with E-state index in [0.717, 1.165) is 11.8 Å². The maximum absolute atomic E-state index is 4.16. The normalized spacial score (nSPS) is 36.3. The van der Waals surface area contributed by atoms with Gasteiger partial charge >= 0.3 is 0 Å². The van der Waals surface area contributed by atoms with E-state index in [0.29, 0.717) is 0 Å². The average molecular weight is 162 g/mol. The second kappa shape index (κ2) is 3.08. The second-order valence-corrected chi connectivity index (χ2v) is 4.34. The molecule has 0 heteroatoms. The van der Waals surface area contributed by atoms with Crippen molar-refractivity contribution in [2.24, 2.45) is 11.8 Å². The van der Waals surface area contributed by atoms with Gasteiger partial charge in [-0.3, -0.25) is 0 Å². The van der Waals surface area contributed by atoms with E-state index in [9.17, 15) is 0 Å². The molecule has 2 aliphatic rings. The lowest BCUT2D eigenvalue weighted by Crippen LogP contribution is -2.05. The predicted molar refractivity (Wildman–Crippen MR) is 53.0 cm³/mol. The van der Waals surface area contributed by atoms with E-state index >= 15 is 0 Å². The van der Waals surface area contributed by atoms with Crippen LogP contribution in [-0.4, -0.2) is 0 Å². The van der Waals surface area contributed by atoms with E-state index in [1.54, 1.807) is 0 Å². The number of rotatable bonds is 0. The third kappa shape index (κ3) is 1.24. The third-order valence-corrected chi connectivity index (χ3v) is 3.57. The highest BCUT2D eigenvalue weighted by atomic mass is 14.4. The molecule has 0 aromatic rings. The summed E-state index contributed by atoms with van der Waals surface area (Å²) in [5.74, 6) is 1.72. The Kier molecular flexibility index (Phi) is 2.08. The first-order chi connectivity index (χ1) is 5.79. The molecule has 0 spiro atoms. The minimum absolute atomic E-state index is 0.806. The second-order valence-electron chi connectivity index (χ2n) is 4.34. The predicted octanol–water partition coefficient (Wildman–Crippen LogP) is 3.70. The SMILES string of the molecule is C=C1C[C@@H]2CCCCC[C@@H]2C1=C. The van der Waals surface area contributed by atoms with Crippen LogP contribution in [0.15, 0.2) is 24.3 Å². The van der Waals surface area contributed by atoms with Gasteiger partial charge in [-0.15, -0.1) is 0 Å². The van der Waals surface area contributed by atoms with Crippen molar-refractivity contribution in [3.63, 3.8) is 0 Å². The first kappa shape index (κ1) is 8.10. The van der Waals surface area contributed by atoms with E-state index in [2.05, 4.69) is 13.2 Å². The monoisotopic (exact) mass is 162 g/mol. The summed E-state index contributed by atoms with van der Waals surface area (Å²) >= 11 is 0. The Morgan fingerprint density at radius 1 is 1.00 bits per heavy atom. The Hall–Kier alpha value is -0.520. The fraction of sp³-hybridized carbons (Fsp3) is 0.667. The molecular weight excluding hydrogens is 144 g/mol. The summed E-state index contributed by atoms with van der Waals surface area (Å²) in [6, 6.07) is 0. The zero-order chi connectivity index (χ0) is 8.55. The minimum atomic E-state index is 0.806. The van der Waals surface area contributed by atoms with Crippen molar-refractivity contribution >= 4 is 0 Å². The van der Waals surface area contributed by atoms with Crippen LogP contribution in [-0.2, 0) is 0 Å². The lowest BCUT2D eigenvalue weighted by molar-refractivity contribution is 0.402. The summed E-state index contributed by atoms with van der Waals surface area (Å²) < 4.78 is 0. The van der Waals surface area contributed by atoms with Crippen LogP contribution < -0.4 is 0 Å². The molecule has 2 fully saturated rings. The maximum atomic E-state index is 4.16. The molecular formula is C12H18. The molecule has 0 radical (unpaired) electrons. The zero-order valence-corrected chi connectivity index (χ0v) is 7.81. The van der Waals surface area contributed by atoms with Crippen LogP contribution in [0.25, 0.3) is 0 Å².